The predicted octanol–water partition coefficient (Wildman–Crippen LogP) is 8.53. The maximum Gasteiger partial charge on any atom is 0.488 e. The van der Waals surface area contributed by atoms with Crippen LogP contribution < -0.4 is 26.3 Å². The number of hydrogen-bond donors (Lipinski definition) is 5. The number of anilines is 1. The van der Waals surface area contributed by atoms with E-state index < -0.39 is 22.3 Å². The van der Waals surface area contributed by atoms with Gasteiger partial charge in [-0.1, -0.05) is 129 Å². The van der Waals surface area contributed by atoms with Crippen LogP contribution in [0.4, 0.5) is 5.69 Å². The van der Waals surface area contributed by atoms with Gasteiger partial charge >= 0.3 is 14.2 Å². The molecule has 0 atom stereocenters. The van der Waals surface area contributed by atoms with Crippen molar-refractivity contribution in [2.24, 2.45) is 0 Å². The monoisotopic (exact) mass is 1210 g/mol. The number of allylic oxidation sites excluding steroid dienone is 6. The normalized spacial score (nSPS) is 13.4. The average molecular weight is 1210 g/mol. The zero-order chi connectivity index (χ0) is 63.7. The fraction of sp³-hybridized carbons (Fsp3) is 0.301. The Morgan fingerprint density at radius 3 is 1.78 bits per heavy atom. The molecule has 0 saturated carbocycles. The minimum atomic E-state index is -2.23. The Labute approximate surface area is 527 Å². The molecule has 5 N–H and O–H groups in total. The van der Waals surface area contributed by atoms with Crippen LogP contribution in [0.15, 0.2) is 181 Å². The molecule has 0 aromatic heterocycles. The molecule has 89 heavy (non-hydrogen) atoms. The van der Waals surface area contributed by atoms with E-state index in [9.17, 15) is 29.7 Å². The molecule has 1 aliphatic heterocycles. The smallest absolute Gasteiger partial charge is 0.423 e. The quantitative estimate of drug-likeness (QED) is 0.0105. The third kappa shape index (κ3) is 15.4. The van der Waals surface area contributed by atoms with Crippen LogP contribution in [0.3, 0.4) is 0 Å². The lowest BCUT2D eigenvalue weighted by molar-refractivity contribution is -0.462. The first-order chi connectivity index (χ1) is 42.6. The van der Waals surface area contributed by atoms with Gasteiger partial charge in [0.15, 0.2) is 11.5 Å². The number of aryl methyl sites for hydroxylation is 1. The van der Waals surface area contributed by atoms with Crippen molar-refractivity contribution in [1.82, 2.24) is 15.1 Å². The van der Waals surface area contributed by atoms with Crippen molar-refractivity contribution in [2.45, 2.75) is 72.9 Å². The molecule has 1 heterocycles. The van der Waals surface area contributed by atoms with Crippen LogP contribution in [-0.4, -0.2) is 148 Å². The lowest BCUT2D eigenvalue weighted by Crippen LogP contribution is -2.49. The van der Waals surface area contributed by atoms with Gasteiger partial charge in [-0.15, -0.1) is 0 Å². The van der Waals surface area contributed by atoms with Gasteiger partial charge in [0.25, 0.3) is 0 Å². The summed E-state index contributed by atoms with van der Waals surface area (Å²) in [6.07, 6.45) is 7.94. The topological polar surface area (TPSA) is 158 Å². The standard InChI is InChI=1S/C73H85B2N5O8Si/c1-49(2)69(81)25-18-37-87-39-35-80(46-55-20-13-17-24-68(55)75(85)86)48-66-59-22-15-14-21-58(59)65(47-79(36-40-88-38-34-76-73(82)50(3)4)45-54-19-12-16-23-67(54)74(83)84)60-31-28-53(42-64(60)66)52-27-26-51(5)63(41-52)72-61-32-29-56(77(6)7)43-70(61)89(10,11)71-44-57(78(8)9)30-33-62(71)72/h12-17,19-24,26-33,41-44,83-86H,1,3,18,25,34-40,45-48H2,2,4-11H3/p+1. The zero-order valence-corrected chi connectivity index (χ0v) is 54.3. The van der Waals surface area contributed by atoms with E-state index in [1.165, 1.54) is 49.6 Å². The number of carbonyl (C=O) groups is 2. The Kier molecular flexibility index (Phi) is 21.7. The van der Waals surface area contributed by atoms with Gasteiger partial charge in [-0.05, 0) is 167 Å². The van der Waals surface area contributed by atoms with E-state index in [1.807, 2.05) is 36.4 Å². The van der Waals surface area contributed by atoms with Gasteiger partial charge in [-0.3, -0.25) is 19.4 Å². The average Bonchev–Trinajstić information content (AvgIpc) is 0.748. The number of fused-ring (bicyclic) bond motifs is 4. The number of carbonyl (C=O) groups excluding carboxylic acids is 2. The highest BCUT2D eigenvalue weighted by atomic mass is 28.3. The van der Waals surface area contributed by atoms with Gasteiger partial charge in [-0.25, -0.2) is 4.58 Å². The van der Waals surface area contributed by atoms with E-state index in [0.717, 1.165) is 54.9 Å². The first-order valence-electron chi connectivity index (χ1n) is 30.8. The maximum absolute atomic E-state index is 12.5. The Balaban J connectivity index is 1.21. The minimum Gasteiger partial charge on any atom is -0.423 e. The molecule has 16 heteroatoms. The second-order valence-corrected chi connectivity index (χ2v) is 29.0. The van der Waals surface area contributed by atoms with E-state index in [0.29, 0.717) is 107 Å². The molecule has 0 radical (unpaired) electrons. The summed E-state index contributed by atoms with van der Waals surface area (Å²) in [6.45, 7) is 22.6. The number of rotatable bonds is 28. The molecule has 7 aromatic carbocycles. The van der Waals surface area contributed by atoms with Crippen LogP contribution in [-0.2, 0) is 45.2 Å². The maximum atomic E-state index is 12.5. The summed E-state index contributed by atoms with van der Waals surface area (Å²) in [5.41, 5.74) is 16.1. The summed E-state index contributed by atoms with van der Waals surface area (Å²) in [4.78, 5) is 31.5. The largest absolute Gasteiger partial charge is 0.488 e. The molecule has 0 bridgehead atoms. The van der Waals surface area contributed by atoms with Crippen molar-refractivity contribution in [3.63, 3.8) is 0 Å². The van der Waals surface area contributed by atoms with Crippen LogP contribution >= 0.6 is 0 Å². The van der Waals surface area contributed by atoms with Crippen LogP contribution in [0.25, 0.3) is 38.2 Å². The van der Waals surface area contributed by atoms with Gasteiger partial charge in [-0.2, -0.15) is 0 Å². The molecule has 2 aliphatic rings. The van der Waals surface area contributed by atoms with Crippen molar-refractivity contribution >= 4 is 88.6 Å². The first-order valence-corrected chi connectivity index (χ1v) is 33.8. The molecule has 9 rings (SSSR count). The molecule has 1 aliphatic carbocycles. The Morgan fingerprint density at radius 1 is 0.629 bits per heavy atom. The molecule has 0 fully saturated rings. The summed E-state index contributed by atoms with van der Waals surface area (Å²) in [6, 6.07) is 44.0. The van der Waals surface area contributed by atoms with E-state index >= 15 is 0 Å². The number of ether oxygens (including phenoxy) is 2. The molecule has 7 aromatic rings. The second-order valence-electron chi connectivity index (χ2n) is 24.7. The van der Waals surface area contributed by atoms with Crippen LogP contribution in [0.5, 0.6) is 0 Å². The van der Waals surface area contributed by atoms with Crippen LogP contribution in [0.1, 0.15) is 65.6 Å². The summed E-state index contributed by atoms with van der Waals surface area (Å²) in [5, 5.41) is 52.5. The van der Waals surface area contributed by atoms with E-state index in [4.69, 9.17) is 9.47 Å². The fourth-order valence-electron chi connectivity index (χ4n) is 12.4. The van der Waals surface area contributed by atoms with E-state index in [-0.39, 0.29) is 11.7 Å². The lowest BCUT2D eigenvalue weighted by atomic mass is 9.77. The minimum absolute atomic E-state index is 0.0238. The summed E-state index contributed by atoms with van der Waals surface area (Å²) >= 11 is 0. The SMILES string of the molecule is C=C(C)C(=O)CCCOCCN(Cc1ccccc1B(O)O)Cc1c2ccccc2c(CN(CCOCCNC(=O)C(=C)C)Cc2ccccc2B(O)O)c2ccc(-c3ccc(C)c(C4=C5C=CC(=[N+](C)C)C=C5[Si](C)(C)c5cc(N(C)C)ccc54)c3)cc12. The zero-order valence-electron chi connectivity index (χ0n) is 53.3. The number of nitrogens with one attached hydrogen (secondary N) is 1. The number of amides is 1. The van der Waals surface area contributed by atoms with Crippen molar-refractivity contribution in [3.8, 4) is 11.1 Å². The van der Waals surface area contributed by atoms with Crippen molar-refractivity contribution in [1.29, 1.82) is 0 Å². The Morgan fingerprint density at radius 2 is 1.19 bits per heavy atom. The highest BCUT2D eigenvalue weighted by Crippen LogP contribution is 2.44. The van der Waals surface area contributed by atoms with Gasteiger partial charge in [0.05, 0.1) is 19.8 Å². The van der Waals surface area contributed by atoms with E-state index in [2.05, 4.69) is 183 Å². The molecule has 460 valence electrons. The summed E-state index contributed by atoms with van der Waals surface area (Å²) in [5.74, 6) is -0.199. The number of hydrogen-bond acceptors (Lipinski definition) is 11. The van der Waals surface area contributed by atoms with Gasteiger partial charge in [0.1, 0.15) is 22.2 Å². The highest BCUT2D eigenvalue weighted by Gasteiger charge is 2.41. The third-order valence-electron chi connectivity index (χ3n) is 17.4. The predicted molar refractivity (Wildman–Crippen MR) is 369 cm³/mol. The molecule has 0 saturated heterocycles. The molecular weight excluding hydrogens is 1120 g/mol. The van der Waals surface area contributed by atoms with Gasteiger partial charge in [0.2, 0.25) is 5.91 Å². The number of ketones is 1. The summed E-state index contributed by atoms with van der Waals surface area (Å²) in [7, 11) is 2.87. The summed E-state index contributed by atoms with van der Waals surface area (Å²) < 4.78 is 14.6. The van der Waals surface area contributed by atoms with Crippen molar-refractivity contribution in [2.75, 3.05) is 79.2 Å². The van der Waals surface area contributed by atoms with Crippen LogP contribution in [0.2, 0.25) is 13.1 Å². The number of nitrogens with zero attached hydrogens (tertiary/aromatic N) is 4. The number of benzene rings is 7. The number of Topliss-reactive ketones (excluding diaryl/α,β-unsaturated/α-hetero) is 1. The first kappa shape index (κ1) is 65.8. The molecular formula is C73H86B2N5O8Si+. The molecule has 0 unspecified atom stereocenters. The Hall–Kier alpha value is -7.60. The third-order valence-corrected chi connectivity index (χ3v) is 20.9. The van der Waals surface area contributed by atoms with E-state index in [1.54, 1.807) is 26.0 Å². The Bertz CT molecular complexity index is 3960. The van der Waals surface area contributed by atoms with Gasteiger partial charge in [0, 0.05) is 96.3 Å². The lowest BCUT2D eigenvalue weighted by Gasteiger charge is -2.38. The molecule has 1 amide bonds. The van der Waals surface area contributed by atoms with Crippen molar-refractivity contribution in [3.05, 3.63) is 220 Å². The van der Waals surface area contributed by atoms with Crippen molar-refractivity contribution < 1.29 is 43.7 Å². The van der Waals surface area contributed by atoms with Crippen LogP contribution in [0, 0.1) is 6.92 Å². The fourth-order valence-corrected chi connectivity index (χ4v) is 15.4. The van der Waals surface area contributed by atoms with Gasteiger partial charge < -0.3 is 39.8 Å². The molecule has 13 nitrogen and oxygen atoms in total. The molecule has 0 spiro atoms. The second kappa shape index (κ2) is 29.4. The highest BCUT2D eigenvalue weighted by molar-refractivity contribution is 6.98.